The zero-order valence-electron chi connectivity index (χ0n) is 18.8. The van der Waals surface area contributed by atoms with Gasteiger partial charge < -0.3 is 25.0 Å². The third kappa shape index (κ3) is 4.26. The Kier molecular flexibility index (Phi) is 6.13. The van der Waals surface area contributed by atoms with Crippen molar-refractivity contribution in [3.8, 4) is 0 Å². The lowest BCUT2D eigenvalue weighted by Crippen LogP contribution is -2.51. The van der Waals surface area contributed by atoms with Crippen LogP contribution in [0, 0.1) is 5.41 Å². The summed E-state index contributed by atoms with van der Waals surface area (Å²) in [6, 6.07) is 1.60. The molecule has 1 aromatic rings. The molecule has 1 aromatic heterocycles. The zero-order chi connectivity index (χ0) is 23.2. The maximum Gasteiger partial charge on any atom is 0.417 e. The Bertz CT molecular complexity index is 898. The molecule has 1 amide bonds. The zero-order valence-corrected chi connectivity index (χ0v) is 18.8. The van der Waals surface area contributed by atoms with Gasteiger partial charge in [-0.2, -0.15) is 13.2 Å². The van der Waals surface area contributed by atoms with Crippen molar-refractivity contribution in [3.63, 3.8) is 0 Å². The minimum absolute atomic E-state index is 0.00674. The van der Waals surface area contributed by atoms with E-state index in [0.717, 1.165) is 44.5 Å². The predicted octanol–water partition coefficient (Wildman–Crippen LogP) is 1.89. The van der Waals surface area contributed by atoms with Gasteiger partial charge >= 0.3 is 6.18 Å². The second kappa shape index (κ2) is 8.79. The number of hydrogen-bond donors (Lipinski definition) is 2. The fourth-order valence-electron chi connectivity index (χ4n) is 6.18. The van der Waals surface area contributed by atoms with Crippen LogP contribution in [0.15, 0.2) is 12.3 Å². The average molecular weight is 469 g/mol. The molecule has 1 aliphatic carbocycles. The number of alkyl halides is 3. The van der Waals surface area contributed by atoms with Crippen LogP contribution in [0.2, 0.25) is 0 Å². The number of halogens is 3. The van der Waals surface area contributed by atoms with E-state index < -0.39 is 17.2 Å². The number of amides is 1. The normalized spacial score (nSPS) is 34.2. The van der Waals surface area contributed by atoms with Gasteiger partial charge in [0.05, 0.1) is 23.7 Å². The maximum atomic E-state index is 13.8. The van der Waals surface area contributed by atoms with Gasteiger partial charge in [0.25, 0.3) is 0 Å². The van der Waals surface area contributed by atoms with Crippen LogP contribution in [0.5, 0.6) is 0 Å². The number of carbonyl (C=O) groups excluding carboxylic acids is 1. The molecular formula is C23H31F3N4O3. The van der Waals surface area contributed by atoms with Crippen LogP contribution in [-0.4, -0.2) is 73.4 Å². The van der Waals surface area contributed by atoms with Gasteiger partial charge in [-0.3, -0.25) is 9.78 Å². The first-order valence-corrected chi connectivity index (χ1v) is 11.7. The van der Waals surface area contributed by atoms with E-state index in [1.54, 1.807) is 12.0 Å². The van der Waals surface area contributed by atoms with Crippen LogP contribution in [-0.2, 0) is 33.4 Å². The molecule has 5 rings (SSSR count). The molecule has 3 fully saturated rings. The maximum absolute atomic E-state index is 13.8. The largest absolute Gasteiger partial charge is 0.417 e. The lowest BCUT2D eigenvalue weighted by Gasteiger charge is -2.37. The first-order valence-electron chi connectivity index (χ1n) is 11.7. The van der Waals surface area contributed by atoms with Crippen molar-refractivity contribution >= 4 is 5.91 Å². The summed E-state index contributed by atoms with van der Waals surface area (Å²) < 4.78 is 50.6. The summed E-state index contributed by atoms with van der Waals surface area (Å²) in [4.78, 5) is 19.6. The molecule has 182 valence electrons. The Morgan fingerprint density at radius 2 is 2.27 bits per heavy atom. The van der Waals surface area contributed by atoms with Crippen LogP contribution in [0.1, 0.15) is 42.5 Å². The lowest BCUT2D eigenvalue weighted by atomic mass is 9.80. The highest BCUT2D eigenvalue weighted by atomic mass is 19.4. The van der Waals surface area contributed by atoms with E-state index >= 15 is 0 Å². The summed E-state index contributed by atoms with van der Waals surface area (Å²) >= 11 is 0. The monoisotopic (exact) mass is 468 g/mol. The number of pyridine rings is 1. The molecule has 7 nitrogen and oxygen atoms in total. The number of ether oxygens (including phenoxy) is 2. The van der Waals surface area contributed by atoms with Crippen molar-refractivity contribution in [2.45, 2.75) is 69.1 Å². The minimum atomic E-state index is -4.44. The second-order valence-electron chi connectivity index (χ2n) is 9.76. The molecule has 4 aliphatic rings. The van der Waals surface area contributed by atoms with E-state index in [1.165, 1.54) is 0 Å². The number of methoxy groups -OCH3 is 1. The van der Waals surface area contributed by atoms with Gasteiger partial charge in [0.1, 0.15) is 0 Å². The molecule has 0 radical (unpaired) electrons. The molecule has 2 saturated heterocycles. The summed E-state index contributed by atoms with van der Waals surface area (Å²) in [7, 11) is 1.69. The highest BCUT2D eigenvalue weighted by Gasteiger charge is 2.56. The van der Waals surface area contributed by atoms with Crippen molar-refractivity contribution in [1.29, 1.82) is 0 Å². The summed E-state index contributed by atoms with van der Waals surface area (Å²) in [5, 5.41) is 7.23. The second-order valence-corrected chi connectivity index (χ2v) is 9.76. The quantitative estimate of drug-likeness (QED) is 0.703. The van der Waals surface area contributed by atoms with Crippen molar-refractivity contribution in [2.24, 2.45) is 5.41 Å². The fraction of sp³-hybridized carbons (Fsp3) is 0.739. The molecule has 0 aromatic carbocycles. The highest BCUT2D eigenvalue weighted by molar-refractivity contribution is 5.85. The van der Waals surface area contributed by atoms with E-state index in [-0.39, 0.29) is 36.7 Å². The van der Waals surface area contributed by atoms with Crippen molar-refractivity contribution in [3.05, 3.63) is 29.1 Å². The molecule has 0 bridgehead atoms. The third-order valence-corrected chi connectivity index (χ3v) is 7.90. The van der Waals surface area contributed by atoms with E-state index in [1.807, 2.05) is 0 Å². The highest BCUT2D eigenvalue weighted by Crippen LogP contribution is 2.47. The third-order valence-electron chi connectivity index (χ3n) is 7.90. The van der Waals surface area contributed by atoms with Gasteiger partial charge in [0, 0.05) is 63.2 Å². The Morgan fingerprint density at radius 3 is 3.06 bits per heavy atom. The van der Waals surface area contributed by atoms with Gasteiger partial charge in [-0.05, 0) is 43.9 Å². The first-order chi connectivity index (χ1) is 15.8. The van der Waals surface area contributed by atoms with Crippen molar-refractivity contribution < 1.29 is 27.4 Å². The molecule has 0 spiro atoms. The van der Waals surface area contributed by atoms with Gasteiger partial charge in [-0.15, -0.1) is 0 Å². The van der Waals surface area contributed by atoms with Gasteiger partial charge in [0.2, 0.25) is 5.91 Å². The smallest absolute Gasteiger partial charge is 0.379 e. The Labute approximate surface area is 191 Å². The molecule has 4 heterocycles. The number of rotatable bonds is 4. The number of nitrogens with zero attached hydrogens (tertiary/aromatic N) is 2. The van der Waals surface area contributed by atoms with Crippen LogP contribution in [0.25, 0.3) is 0 Å². The molecule has 2 unspecified atom stereocenters. The minimum Gasteiger partial charge on any atom is -0.379 e. The standard InChI is InChI=1S/C23H31F3N4O3/c1-32-19-13-33-7-3-18(19)29-16-9-20-22(10-16,4-5-27-20)21(31)30-6-2-17-14(12-30)8-15(11-28-17)23(24,25)26/h8,11,16,18-20,27,29H,2-7,9-10,12-13H2,1H3/t16-,18?,19?,20-,22-/m1/s1. The predicted molar refractivity (Wildman–Crippen MR) is 113 cm³/mol. The number of hydrogen-bond acceptors (Lipinski definition) is 6. The van der Waals surface area contributed by atoms with Crippen molar-refractivity contribution in [2.75, 3.05) is 33.4 Å². The van der Waals surface area contributed by atoms with Crippen LogP contribution >= 0.6 is 0 Å². The summed E-state index contributed by atoms with van der Waals surface area (Å²) in [6.07, 6.45) is 0.113. The van der Waals surface area contributed by atoms with Crippen molar-refractivity contribution in [1.82, 2.24) is 20.5 Å². The average Bonchev–Trinajstić information content (AvgIpc) is 3.35. The molecule has 5 atom stereocenters. The number of fused-ring (bicyclic) bond motifs is 2. The van der Waals surface area contributed by atoms with E-state index in [9.17, 15) is 18.0 Å². The molecular weight excluding hydrogens is 437 g/mol. The number of aromatic nitrogens is 1. The SMILES string of the molecule is COC1COCCC1N[C@@H]1C[C@H]2NCC[C@@]2(C(=O)N2CCc3ncc(C(F)(F)F)cc3C2)C1. The number of nitrogens with one attached hydrogen (secondary N) is 2. The van der Waals surface area contributed by atoms with E-state index in [0.29, 0.717) is 37.4 Å². The van der Waals surface area contributed by atoms with Gasteiger partial charge in [-0.25, -0.2) is 0 Å². The lowest BCUT2D eigenvalue weighted by molar-refractivity contribution is -0.143. The molecule has 10 heteroatoms. The fourth-order valence-corrected chi connectivity index (χ4v) is 6.18. The first kappa shape index (κ1) is 23.0. The Balaban J connectivity index is 1.31. The topological polar surface area (TPSA) is 75.7 Å². The van der Waals surface area contributed by atoms with Crippen LogP contribution in [0.3, 0.4) is 0 Å². The molecule has 33 heavy (non-hydrogen) atoms. The van der Waals surface area contributed by atoms with Gasteiger partial charge in [-0.1, -0.05) is 0 Å². The van der Waals surface area contributed by atoms with Crippen LogP contribution in [0.4, 0.5) is 13.2 Å². The Hall–Kier alpha value is -1.75. The van der Waals surface area contributed by atoms with Crippen LogP contribution < -0.4 is 10.6 Å². The summed E-state index contributed by atoms with van der Waals surface area (Å²) in [5.74, 6) is 0.0557. The van der Waals surface area contributed by atoms with E-state index in [2.05, 4.69) is 15.6 Å². The van der Waals surface area contributed by atoms with Gasteiger partial charge in [0.15, 0.2) is 0 Å². The molecule has 3 aliphatic heterocycles. The van der Waals surface area contributed by atoms with E-state index in [4.69, 9.17) is 9.47 Å². The summed E-state index contributed by atoms with van der Waals surface area (Å²) in [6.45, 7) is 2.71. The molecule has 1 saturated carbocycles. The summed E-state index contributed by atoms with van der Waals surface area (Å²) in [5.41, 5.74) is -0.121. The molecule has 2 N–H and O–H groups in total. The number of carbonyl (C=O) groups is 1. The Morgan fingerprint density at radius 1 is 1.42 bits per heavy atom.